The van der Waals surface area contributed by atoms with Crippen molar-refractivity contribution in [2.45, 2.75) is 46.1 Å². The fourth-order valence-corrected chi connectivity index (χ4v) is 2.21. The topological polar surface area (TPSA) is 48.1 Å². The molecule has 21 heavy (non-hydrogen) atoms. The van der Waals surface area contributed by atoms with Crippen LogP contribution in [-0.2, 0) is 5.41 Å². The maximum atomic E-state index is 6.04. The van der Waals surface area contributed by atoms with E-state index >= 15 is 0 Å². The number of rotatable bonds is 3. The average Bonchev–Trinajstić information content (AvgIpc) is 2.37. The first-order valence-electron chi connectivity index (χ1n) is 7.28. The second-order valence-electron chi connectivity index (χ2n) is 6.57. The Morgan fingerprint density at radius 1 is 1.14 bits per heavy atom. The van der Waals surface area contributed by atoms with Gasteiger partial charge in [-0.2, -0.15) is 0 Å². The molecule has 3 heteroatoms. The van der Waals surface area contributed by atoms with E-state index in [-0.39, 0.29) is 11.5 Å². The molecule has 1 heterocycles. The van der Waals surface area contributed by atoms with Crippen LogP contribution in [-0.4, -0.2) is 4.98 Å². The van der Waals surface area contributed by atoms with E-state index in [1.807, 2.05) is 19.1 Å². The van der Waals surface area contributed by atoms with E-state index in [0.29, 0.717) is 5.88 Å². The summed E-state index contributed by atoms with van der Waals surface area (Å²) >= 11 is 0. The summed E-state index contributed by atoms with van der Waals surface area (Å²) in [6, 6.07) is 10.1. The van der Waals surface area contributed by atoms with Crippen LogP contribution in [0.1, 0.15) is 50.4 Å². The van der Waals surface area contributed by atoms with Crippen LogP contribution >= 0.6 is 0 Å². The zero-order chi connectivity index (χ0) is 15.6. The third-order valence-electron chi connectivity index (χ3n) is 3.44. The van der Waals surface area contributed by atoms with E-state index in [4.69, 9.17) is 10.5 Å². The Morgan fingerprint density at radius 2 is 1.86 bits per heavy atom. The van der Waals surface area contributed by atoms with Crippen molar-refractivity contribution in [3.8, 4) is 11.6 Å². The van der Waals surface area contributed by atoms with Gasteiger partial charge in [-0.15, -0.1) is 0 Å². The fraction of sp³-hybridized carbons (Fsp3) is 0.389. The summed E-state index contributed by atoms with van der Waals surface area (Å²) in [5.74, 6) is 1.44. The Kier molecular flexibility index (Phi) is 4.33. The number of hydrogen-bond acceptors (Lipinski definition) is 3. The van der Waals surface area contributed by atoms with E-state index < -0.39 is 0 Å². The van der Waals surface area contributed by atoms with Crippen molar-refractivity contribution in [1.82, 2.24) is 4.98 Å². The second-order valence-corrected chi connectivity index (χ2v) is 6.57. The van der Waals surface area contributed by atoms with Gasteiger partial charge in [-0.05, 0) is 42.5 Å². The molecule has 1 aromatic heterocycles. The Labute approximate surface area is 127 Å². The monoisotopic (exact) mass is 284 g/mol. The molecule has 0 saturated carbocycles. The number of benzene rings is 1. The summed E-state index contributed by atoms with van der Waals surface area (Å²) in [6.45, 7) is 10.5. The minimum atomic E-state index is -0.0325. The van der Waals surface area contributed by atoms with Crippen LogP contribution in [0.5, 0.6) is 11.6 Å². The van der Waals surface area contributed by atoms with Crippen molar-refractivity contribution in [3.63, 3.8) is 0 Å². The first-order chi connectivity index (χ1) is 9.77. The highest BCUT2D eigenvalue weighted by Crippen LogP contribution is 2.34. The summed E-state index contributed by atoms with van der Waals surface area (Å²) in [5, 5.41) is 0. The average molecular weight is 284 g/mol. The van der Waals surface area contributed by atoms with Crippen LogP contribution in [0.15, 0.2) is 36.5 Å². The van der Waals surface area contributed by atoms with Gasteiger partial charge in [-0.25, -0.2) is 4.98 Å². The molecular weight excluding hydrogens is 260 g/mol. The lowest BCUT2D eigenvalue weighted by atomic mass is 9.86. The van der Waals surface area contributed by atoms with Crippen LogP contribution in [0.2, 0.25) is 0 Å². The lowest BCUT2D eigenvalue weighted by molar-refractivity contribution is 0.438. The molecule has 3 nitrogen and oxygen atoms in total. The minimum Gasteiger partial charge on any atom is -0.439 e. The summed E-state index contributed by atoms with van der Waals surface area (Å²) in [6.07, 6.45) is 1.74. The standard InChI is InChI=1S/C18H24N2O/c1-12-6-7-15(18(3,4)5)16(10-12)21-17-11-14(13(2)19)8-9-20-17/h6-11,13H,19H2,1-5H3/t13-/m1/s1. The molecule has 1 atom stereocenters. The summed E-state index contributed by atoms with van der Waals surface area (Å²) in [7, 11) is 0. The first kappa shape index (κ1) is 15.5. The third-order valence-corrected chi connectivity index (χ3v) is 3.44. The lowest BCUT2D eigenvalue weighted by Gasteiger charge is -2.23. The first-order valence-corrected chi connectivity index (χ1v) is 7.28. The number of aryl methyl sites for hydroxylation is 1. The molecule has 2 rings (SSSR count). The van der Waals surface area contributed by atoms with Gasteiger partial charge in [0, 0.05) is 23.9 Å². The largest absolute Gasteiger partial charge is 0.439 e. The molecule has 0 aliphatic heterocycles. The van der Waals surface area contributed by atoms with E-state index in [0.717, 1.165) is 11.3 Å². The van der Waals surface area contributed by atoms with Gasteiger partial charge in [0.25, 0.3) is 0 Å². The van der Waals surface area contributed by atoms with Gasteiger partial charge in [0.15, 0.2) is 0 Å². The highest BCUT2D eigenvalue weighted by molar-refractivity contribution is 5.43. The number of aromatic nitrogens is 1. The quantitative estimate of drug-likeness (QED) is 0.902. The molecule has 0 bridgehead atoms. The third kappa shape index (κ3) is 3.82. The van der Waals surface area contributed by atoms with Crippen molar-refractivity contribution in [3.05, 3.63) is 53.2 Å². The molecule has 0 amide bonds. The number of nitrogens with zero attached hydrogens (tertiary/aromatic N) is 1. The van der Waals surface area contributed by atoms with Crippen molar-refractivity contribution in [2.75, 3.05) is 0 Å². The summed E-state index contributed by atoms with van der Waals surface area (Å²) < 4.78 is 6.04. The van der Waals surface area contributed by atoms with Gasteiger partial charge >= 0.3 is 0 Å². The van der Waals surface area contributed by atoms with Crippen LogP contribution in [0.4, 0.5) is 0 Å². The molecule has 0 unspecified atom stereocenters. The summed E-state index contributed by atoms with van der Waals surface area (Å²) in [5.41, 5.74) is 9.29. The number of ether oxygens (including phenoxy) is 1. The van der Waals surface area contributed by atoms with Crippen LogP contribution < -0.4 is 10.5 Å². The van der Waals surface area contributed by atoms with Gasteiger partial charge in [0.05, 0.1) is 0 Å². The molecule has 2 N–H and O–H groups in total. The SMILES string of the molecule is Cc1ccc(C(C)(C)C)c(Oc2cc([C@@H](C)N)ccn2)c1. The molecular formula is C18H24N2O. The van der Waals surface area contributed by atoms with Crippen molar-refractivity contribution in [2.24, 2.45) is 5.73 Å². The zero-order valence-corrected chi connectivity index (χ0v) is 13.5. The van der Waals surface area contributed by atoms with Crippen molar-refractivity contribution >= 4 is 0 Å². The van der Waals surface area contributed by atoms with Gasteiger partial charge < -0.3 is 10.5 Å². The number of pyridine rings is 1. The molecule has 0 aliphatic rings. The van der Waals surface area contributed by atoms with Crippen LogP contribution in [0.3, 0.4) is 0 Å². The van der Waals surface area contributed by atoms with Crippen molar-refractivity contribution < 1.29 is 4.74 Å². The highest BCUT2D eigenvalue weighted by atomic mass is 16.5. The van der Waals surface area contributed by atoms with E-state index in [9.17, 15) is 0 Å². The highest BCUT2D eigenvalue weighted by Gasteiger charge is 2.19. The number of nitrogens with two attached hydrogens (primary N) is 1. The van der Waals surface area contributed by atoms with Gasteiger partial charge in [0.1, 0.15) is 5.75 Å². The maximum absolute atomic E-state index is 6.04. The zero-order valence-electron chi connectivity index (χ0n) is 13.5. The number of hydrogen-bond donors (Lipinski definition) is 1. The molecule has 0 radical (unpaired) electrons. The fourth-order valence-electron chi connectivity index (χ4n) is 2.21. The van der Waals surface area contributed by atoms with Gasteiger partial charge in [0.2, 0.25) is 5.88 Å². The van der Waals surface area contributed by atoms with Gasteiger partial charge in [-0.3, -0.25) is 0 Å². The van der Waals surface area contributed by atoms with Crippen LogP contribution in [0, 0.1) is 6.92 Å². The maximum Gasteiger partial charge on any atom is 0.219 e. The Balaban J connectivity index is 2.39. The van der Waals surface area contributed by atoms with Crippen molar-refractivity contribution in [1.29, 1.82) is 0 Å². The molecule has 112 valence electrons. The Bertz CT molecular complexity index is 627. The predicted molar refractivity (Wildman–Crippen MR) is 86.8 cm³/mol. The smallest absolute Gasteiger partial charge is 0.219 e. The Morgan fingerprint density at radius 3 is 2.48 bits per heavy atom. The molecule has 1 aromatic carbocycles. The summed E-state index contributed by atoms with van der Waals surface area (Å²) in [4.78, 5) is 4.29. The van der Waals surface area contributed by atoms with Crippen LogP contribution in [0.25, 0.3) is 0 Å². The second kappa shape index (κ2) is 5.86. The minimum absolute atomic E-state index is 0.0157. The normalized spacial score (nSPS) is 13.0. The van der Waals surface area contributed by atoms with E-state index in [1.165, 1.54) is 11.1 Å². The predicted octanol–water partition coefficient (Wildman–Crippen LogP) is 4.50. The Hall–Kier alpha value is -1.87. The van der Waals surface area contributed by atoms with E-state index in [2.05, 4.69) is 50.9 Å². The molecule has 2 aromatic rings. The molecule has 0 saturated heterocycles. The van der Waals surface area contributed by atoms with Gasteiger partial charge in [-0.1, -0.05) is 32.9 Å². The lowest BCUT2D eigenvalue weighted by Crippen LogP contribution is -2.13. The van der Waals surface area contributed by atoms with E-state index in [1.54, 1.807) is 6.20 Å². The molecule has 0 fully saturated rings. The molecule has 0 aliphatic carbocycles. The molecule has 0 spiro atoms.